The number of nitrogens with zero attached hydrogens (tertiary/aromatic N) is 1. The van der Waals surface area contributed by atoms with Crippen molar-refractivity contribution in [2.45, 2.75) is 32.7 Å². The molecule has 2 rings (SSSR count). The van der Waals surface area contributed by atoms with E-state index in [4.69, 9.17) is 0 Å². The minimum atomic E-state index is -0.207. The van der Waals surface area contributed by atoms with Gasteiger partial charge in [-0.05, 0) is 79.8 Å². The highest BCUT2D eigenvalue weighted by Crippen LogP contribution is 2.27. The Balaban J connectivity index is 2.06. The van der Waals surface area contributed by atoms with Crippen LogP contribution in [0, 0.1) is 18.7 Å². The monoisotopic (exact) mass is 328 g/mol. The topological polar surface area (TPSA) is 15.3 Å². The van der Waals surface area contributed by atoms with E-state index in [1.54, 1.807) is 6.07 Å². The van der Waals surface area contributed by atoms with E-state index < -0.39 is 0 Å². The number of rotatable bonds is 3. The number of hydrogen-bond donors (Lipinski definition) is 1. The molecule has 0 saturated carbocycles. The summed E-state index contributed by atoms with van der Waals surface area (Å²) < 4.78 is 14.1. The van der Waals surface area contributed by atoms with Gasteiger partial charge in [-0.25, -0.2) is 4.39 Å². The fourth-order valence-corrected chi connectivity index (χ4v) is 3.24. The van der Waals surface area contributed by atoms with Crippen LogP contribution < -0.4 is 5.32 Å². The third kappa shape index (κ3) is 3.69. The number of aryl methyl sites for hydroxylation is 1. The molecule has 2 nitrogen and oxygen atoms in total. The van der Waals surface area contributed by atoms with E-state index in [1.165, 1.54) is 19.4 Å². The van der Waals surface area contributed by atoms with E-state index in [2.05, 4.69) is 40.1 Å². The standard InChI is InChI=1S/C15H22BrFN2/c1-10-7-13(16)14(17)8-15(10)18-11(2)12-5-4-6-19(3)9-12/h7-8,11-12,18H,4-6,9H2,1-3H3. The highest BCUT2D eigenvalue weighted by Gasteiger charge is 2.23. The van der Waals surface area contributed by atoms with Crippen LogP contribution in [0.4, 0.5) is 10.1 Å². The lowest BCUT2D eigenvalue weighted by Crippen LogP contribution is -2.40. The molecule has 1 fully saturated rings. The molecule has 1 aromatic carbocycles. The molecule has 1 aliphatic rings. The number of piperidine rings is 1. The highest BCUT2D eigenvalue weighted by atomic mass is 79.9. The smallest absolute Gasteiger partial charge is 0.139 e. The van der Waals surface area contributed by atoms with Gasteiger partial charge in [-0.1, -0.05) is 0 Å². The molecule has 1 saturated heterocycles. The van der Waals surface area contributed by atoms with E-state index in [0.717, 1.165) is 17.8 Å². The summed E-state index contributed by atoms with van der Waals surface area (Å²) in [7, 11) is 2.17. The van der Waals surface area contributed by atoms with Crippen LogP contribution in [0.15, 0.2) is 16.6 Å². The quantitative estimate of drug-likeness (QED) is 0.900. The van der Waals surface area contributed by atoms with E-state index in [9.17, 15) is 4.39 Å². The van der Waals surface area contributed by atoms with Crippen LogP contribution in [0.3, 0.4) is 0 Å². The summed E-state index contributed by atoms with van der Waals surface area (Å²) in [5, 5.41) is 3.48. The molecule has 1 aliphatic heterocycles. The molecule has 0 aliphatic carbocycles. The van der Waals surface area contributed by atoms with Crippen molar-refractivity contribution < 1.29 is 4.39 Å². The van der Waals surface area contributed by atoms with Crippen molar-refractivity contribution in [3.05, 3.63) is 28.0 Å². The minimum absolute atomic E-state index is 0.207. The summed E-state index contributed by atoms with van der Waals surface area (Å²) in [5.74, 6) is 0.422. The predicted molar refractivity (Wildman–Crippen MR) is 82.1 cm³/mol. The largest absolute Gasteiger partial charge is 0.382 e. The molecule has 4 heteroatoms. The van der Waals surface area contributed by atoms with E-state index in [-0.39, 0.29) is 5.82 Å². The molecule has 0 aromatic heterocycles. The Morgan fingerprint density at radius 2 is 2.21 bits per heavy atom. The number of anilines is 1. The van der Waals surface area contributed by atoms with Gasteiger partial charge in [-0.3, -0.25) is 0 Å². The lowest BCUT2D eigenvalue weighted by Gasteiger charge is -2.34. The van der Waals surface area contributed by atoms with Crippen molar-refractivity contribution in [3.63, 3.8) is 0 Å². The minimum Gasteiger partial charge on any atom is -0.382 e. The summed E-state index contributed by atoms with van der Waals surface area (Å²) >= 11 is 3.22. The van der Waals surface area contributed by atoms with Crippen molar-refractivity contribution in [1.29, 1.82) is 0 Å². The molecule has 1 N–H and O–H groups in total. The molecule has 2 unspecified atom stereocenters. The Morgan fingerprint density at radius 3 is 2.89 bits per heavy atom. The van der Waals surface area contributed by atoms with Crippen LogP contribution in [-0.4, -0.2) is 31.1 Å². The third-order valence-electron chi connectivity index (χ3n) is 4.02. The predicted octanol–water partition coefficient (Wildman–Crippen LogP) is 4.04. The van der Waals surface area contributed by atoms with E-state index in [1.807, 2.05) is 13.0 Å². The first-order chi connectivity index (χ1) is 8.97. The third-order valence-corrected chi connectivity index (χ3v) is 4.63. The van der Waals surface area contributed by atoms with Gasteiger partial charge < -0.3 is 10.2 Å². The van der Waals surface area contributed by atoms with E-state index in [0.29, 0.717) is 16.4 Å². The maximum absolute atomic E-state index is 13.6. The molecule has 106 valence electrons. The first-order valence-corrected chi connectivity index (χ1v) is 7.67. The zero-order valence-electron chi connectivity index (χ0n) is 11.8. The van der Waals surface area contributed by atoms with Gasteiger partial charge in [0, 0.05) is 18.3 Å². The summed E-state index contributed by atoms with van der Waals surface area (Å²) in [4.78, 5) is 2.38. The number of likely N-dealkylation sites (tertiary alicyclic amines) is 1. The number of nitrogens with one attached hydrogen (secondary N) is 1. The van der Waals surface area contributed by atoms with Crippen LogP contribution >= 0.6 is 15.9 Å². The van der Waals surface area contributed by atoms with Crippen molar-refractivity contribution >= 4 is 21.6 Å². The summed E-state index contributed by atoms with van der Waals surface area (Å²) in [5.41, 5.74) is 1.98. The second kappa shape index (κ2) is 6.23. The van der Waals surface area contributed by atoms with E-state index >= 15 is 0 Å². The number of halogens is 2. The van der Waals surface area contributed by atoms with Crippen molar-refractivity contribution in [3.8, 4) is 0 Å². The average molecular weight is 329 g/mol. The average Bonchev–Trinajstić information content (AvgIpc) is 2.36. The normalized spacial score (nSPS) is 22.3. The maximum atomic E-state index is 13.6. The molecule has 0 bridgehead atoms. The molecule has 0 radical (unpaired) electrons. The molecular weight excluding hydrogens is 307 g/mol. The lowest BCUT2D eigenvalue weighted by molar-refractivity contribution is 0.197. The van der Waals surface area contributed by atoms with Crippen LogP contribution in [0.2, 0.25) is 0 Å². The fraction of sp³-hybridized carbons (Fsp3) is 0.600. The van der Waals surface area contributed by atoms with Crippen LogP contribution in [0.25, 0.3) is 0 Å². The Labute approximate surface area is 123 Å². The van der Waals surface area contributed by atoms with Crippen molar-refractivity contribution in [1.82, 2.24) is 4.90 Å². The molecule has 19 heavy (non-hydrogen) atoms. The van der Waals surface area contributed by atoms with Gasteiger partial charge in [-0.15, -0.1) is 0 Å². The molecule has 1 heterocycles. The Morgan fingerprint density at radius 1 is 1.47 bits per heavy atom. The Kier molecular flexibility index (Phi) is 4.85. The summed E-state index contributed by atoms with van der Waals surface area (Å²) in [6.45, 7) is 6.51. The molecule has 2 atom stereocenters. The number of hydrogen-bond acceptors (Lipinski definition) is 2. The zero-order chi connectivity index (χ0) is 14.0. The van der Waals surface area contributed by atoms with Gasteiger partial charge >= 0.3 is 0 Å². The van der Waals surface area contributed by atoms with Crippen molar-refractivity contribution in [2.75, 3.05) is 25.5 Å². The Hall–Kier alpha value is -0.610. The van der Waals surface area contributed by atoms with Crippen molar-refractivity contribution in [2.24, 2.45) is 5.92 Å². The number of benzene rings is 1. The summed E-state index contributed by atoms with van der Waals surface area (Å²) in [6.07, 6.45) is 2.50. The molecule has 0 spiro atoms. The van der Waals surface area contributed by atoms with Gasteiger partial charge in [0.05, 0.1) is 4.47 Å². The lowest BCUT2D eigenvalue weighted by atomic mass is 9.91. The van der Waals surface area contributed by atoms with Gasteiger partial charge in [0.15, 0.2) is 0 Å². The zero-order valence-corrected chi connectivity index (χ0v) is 13.4. The van der Waals surface area contributed by atoms with Gasteiger partial charge in [0.25, 0.3) is 0 Å². The van der Waals surface area contributed by atoms with Crippen LogP contribution in [0.5, 0.6) is 0 Å². The molecule has 0 amide bonds. The SMILES string of the molecule is Cc1cc(Br)c(F)cc1NC(C)C1CCCN(C)C1. The van der Waals surface area contributed by atoms with Gasteiger partial charge in [0.1, 0.15) is 5.82 Å². The maximum Gasteiger partial charge on any atom is 0.139 e. The Bertz CT molecular complexity index is 450. The van der Waals surface area contributed by atoms with Crippen LogP contribution in [-0.2, 0) is 0 Å². The second-order valence-electron chi connectivity index (χ2n) is 5.68. The highest BCUT2D eigenvalue weighted by molar-refractivity contribution is 9.10. The van der Waals surface area contributed by atoms with Crippen LogP contribution in [0.1, 0.15) is 25.3 Å². The summed E-state index contributed by atoms with van der Waals surface area (Å²) in [6, 6.07) is 3.78. The first-order valence-electron chi connectivity index (χ1n) is 6.88. The molecular formula is C15H22BrFN2. The molecule has 1 aromatic rings. The second-order valence-corrected chi connectivity index (χ2v) is 6.53. The fourth-order valence-electron chi connectivity index (χ4n) is 2.78. The van der Waals surface area contributed by atoms with Gasteiger partial charge in [0.2, 0.25) is 0 Å². The van der Waals surface area contributed by atoms with Gasteiger partial charge in [-0.2, -0.15) is 0 Å². The first kappa shape index (κ1) is 14.8.